The van der Waals surface area contributed by atoms with E-state index in [1.165, 1.54) is 0 Å². The third-order valence-corrected chi connectivity index (χ3v) is 2.72. The average Bonchev–Trinajstić information content (AvgIpc) is 2.28. The Morgan fingerprint density at radius 1 is 1.12 bits per heavy atom. The highest BCUT2D eigenvalue weighted by atomic mass is 35.5. The zero-order valence-electron chi connectivity index (χ0n) is 9.27. The van der Waals surface area contributed by atoms with Crippen molar-refractivity contribution in [2.24, 2.45) is 0 Å². The Labute approximate surface area is 104 Å². The molecule has 2 rings (SSSR count). The predicted octanol–water partition coefficient (Wildman–Crippen LogP) is 4.01. The van der Waals surface area contributed by atoms with E-state index in [4.69, 9.17) is 16.7 Å². The maximum atomic E-state index is 11.0. The van der Waals surface area contributed by atoms with Gasteiger partial charge in [0, 0.05) is 5.02 Å². The fourth-order valence-electron chi connectivity index (χ4n) is 1.74. The topological polar surface area (TPSA) is 37.3 Å². The first-order chi connectivity index (χ1) is 8.06. The molecule has 0 fully saturated rings. The van der Waals surface area contributed by atoms with Crippen LogP contribution in [0.15, 0.2) is 42.5 Å². The quantitative estimate of drug-likeness (QED) is 0.869. The largest absolute Gasteiger partial charge is 0.478 e. The molecular formula is C14H11ClO2. The van der Waals surface area contributed by atoms with Crippen molar-refractivity contribution in [3.8, 4) is 11.1 Å². The van der Waals surface area contributed by atoms with Gasteiger partial charge in [-0.1, -0.05) is 29.8 Å². The van der Waals surface area contributed by atoms with Crippen molar-refractivity contribution in [1.29, 1.82) is 0 Å². The van der Waals surface area contributed by atoms with Crippen LogP contribution in [0.1, 0.15) is 15.9 Å². The van der Waals surface area contributed by atoms with Crippen LogP contribution in [0.5, 0.6) is 0 Å². The van der Waals surface area contributed by atoms with Gasteiger partial charge in [0.15, 0.2) is 0 Å². The molecule has 2 aromatic carbocycles. The first-order valence-corrected chi connectivity index (χ1v) is 5.55. The SMILES string of the molecule is Cc1cc(C(=O)O)cc(-c2cccc(Cl)c2)c1. The summed E-state index contributed by atoms with van der Waals surface area (Å²) in [6.07, 6.45) is 0. The highest BCUT2D eigenvalue weighted by Crippen LogP contribution is 2.24. The minimum absolute atomic E-state index is 0.292. The third-order valence-electron chi connectivity index (χ3n) is 2.48. The zero-order chi connectivity index (χ0) is 12.4. The second kappa shape index (κ2) is 4.60. The normalized spacial score (nSPS) is 10.2. The average molecular weight is 247 g/mol. The summed E-state index contributed by atoms with van der Waals surface area (Å²) < 4.78 is 0. The number of carboxylic acid groups (broad SMARTS) is 1. The van der Waals surface area contributed by atoms with Gasteiger partial charge in [0.05, 0.1) is 5.56 Å². The summed E-state index contributed by atoms with van der Waals surface area (Å²) in [6, 6.07) is 12.6. The number of aryl methyl sites for hydroxylation is 1. The Bertz CT molecular complexity index is 576. The molecule has 0 bridgehead atoms. The van der Waals surface area contributed by atoms with Crippen LogP contribution in [0, 0.1) is 6.92 Å². The number of benzene rings is 2. The van der Waals surface area contributed by atoms with Crippen LogP contribution in [-0.4, -0.2) is 11.1 Å². The highest BCUT2D eigenvalue weighted by Gasteiger charge is 2.07. The molecule has 0 saturated carbocycles. The molecule has 0 aliphatic rings. The van der Waals surface area contributed by atoms with Gasteiger partial charge < -0.3 is 5.11 Å². The van der Waals surface area contributed by atoms with Gasteiger partial charge >= 0.3 is 5.97 Å². The summed E-state index contributed by atoms with van der Waals surface area (Å²) >= 11 is 5.92. The molecule has 1 N–H and O–H groups in total. The number of hydrogen-bond donors (Lipinski definition) is 1. The minimum atomic E-state index is -0.919. The first-order valence-electron chi connectivity index (χ1n) is 5.17. The van der Waals surface area contributed by atoms with E-state index in [1.54, 1.807) is 18.2 Å². The lowest BCUT2D eigenvalue weighted by Gasteiger charge is -2.05. The van der Waals surface area contributed by atoms with E-state index in [0.29, 0.717) is 10.6 Å². The van der Waals surface area contributed by atoms with Crippen LogP contribution in [0.25, 0.3) is 11.1 Å². The van der Waals surface area contributed by atoms with Crippen molar-refractivity contribution >= 4 is 17.6 Å². The molecule has 2 nitrogen and oxygen atoms in total. The molecule has 0 spiro atoms. The molecule has 0 aromatic heterocycles. The molecule has 0 heterocycles. The lowest BCUT2D eigenvalue weighted by atomic mass is 10.0. The molecule has 86 valence electrons. The number of carboxylic acids is 1. The number of halogens is 1. The minimum Gasteiger partial charge on any atom is -0.478 e. The summed E-state index contributed by atoms with van der Waals surface area (Å²) in [4.78, 5) is 11.0. The lowest BCUT2D eigenvalue weighted by Crippen LogP contribution is -1.97. The van der Waals surface area contributed by atoms with E-state index >= 15 is 0 Å². The fourth-order valence-corrected chi connectivity index (χ4v) is 1.93. The van der Waals surface area contributed by atoms with Gasteiger partial charge in [0.1, 0.15) is 0 Å². The van der Waals surface area contributed by atoms with Gasteiger partial charge in [-0.25, -0.2) is 4.79 Å². The second-order valence-corrected chi connectivity index (χ2v) is 4.34. The molecule has 0 amide bonds. The van der Waals surface area contributed by atoms with Crippen molar-refractivity contribution in [2.45, 2.75) is 6.92 Å². The van der Waals surface area contributed by atoms with E-state index in [1.807, 2.05) is 31.2 Å². The van der Waals surface area contributed by atoms with Crippen LogP contribution in [0.3, 0.4) is 0 Å². The molecule has 3 heteroatoms. The molecule has 0 radical (unpaired) electrons. The third kappa shape index (κ3) is 2.66. The van der Waals surface area contributed by atoms with E-state index in [2.05, 4.69) is 0 Å². The van der Waals surface area contributed by atoms with E-state index in [0.717, 1.165) is 16.7 Å². The van der Waals surface area contributed by atoms with Crippen molar-refractivity contribution in [2.75, 3.05) is 0 Å². The molecule has 0 saturated heterocycles. The van der Waals surface area contributed by atoms with E-state index < -0.39 is 5.97 Å². The number of aromatic carboxylic acids is 1. The lowest BCUT2D eigenvalue weighted by molar-refractivity contribution is 0.0697. The smallest absolute Gasteiger partial charge is 0.335 e. The maximum absolute atomic E-state index is 11.0. The molecule has 0 aliphatic carbocycles. The summed E-state index contributed by atoms with van der Waals surface area (Å²) in [7, 11) is 0. The monoisotopic (exact) mass is 246 g/mol. The molecule has 0 unspecified atom stereocenters. The Morgan fingerprint density at radius 2 is 1.88 bits per heavy atom. The number of hydrogen-bond acceptors (Lipinski definition) is 1. The van der Waals surface area contributed by atoms with Gasteiger partial charge in [-0.05, 0) is 47.9 Å². The van der Waals surface area contributed by atoms with Crippen LogP contribution < -0.4 is 0 Å². The molecule has 0 aliphatic heterocycles. The molecule has 0 atom stereocenters. The molecule has 2 aromatic rings. The second-order valence-electron chi connectivity index (χ2n) is 3.90. The number of carbonyl (C=O) groups is 1. The van der Waals surface area contributed by atoms with Gasteiger partial charge in [0.2, 0.25) is 0 Å². The Balaban J connectivity index is 2.56. The highest BCUT2D eigenvalue weighted by molar-refractivity contribution is 6.30. The first kappa shape index (κ1) is 11.7. The van der Waals surface area contributed by atoms with E-state index in [9.17, 15) is 4.79 Å². The van der Waals surface area contributed by atoms with Gasteiger partial charge in [-0.15, -0.1) is 0 Å². The number of rotatable bonds is 2. The van der Waals surface area contributed by atoms with Crippen LogP contribution in [0.2, 0.25) is 5.02 Å². The maximum Gasteiger partial charge on any atom is 0.335 e. The van der Waals surface area contributed by atoms with Crippen LogP contribution in [0.4, 0.5) is 0 Å². The van der Waals surface area contributed by atoms with Crippen molar-refractivity contribution in [3.63, 3.8) is 0 Å². The van der Waals surface area contributed by atoms with Gasteiger partial charge in [-0.2, -0.15) is 0 Å². The summed E-state index contributed by atoms with van der Waals surface area (Å²) in [6.45, 7) is 1.88. The zero-order valence-corrected chi connectivity index (χ0v) is 10.0. The molecular weight excluding hydrogens is 236 g/mol. The van der Waals surface area contributed by atoms with Crippen LogP contribution >= 0.6 is 11.6 Å². The Morgan fingerprint density at radius 3 is 2.53 bits per heavy atom. The van der Waals surface area contributed by atoms with Crippen molar-refractivity contribution in [1.82, 2.24) is 0 Å². The fraction of sp³-hybridized carbons (Fsp3) is 0.0714. The van der Waals surface area contributed by atoms with Crippen molar-refractivity contribution < 1.29 is 9.90 Å². The summed E-state index contributed by atoms with van der Waals surface area (Å²) in [5.41, 5.74) is 2.99. The predicted molar refractivity (Wildman–Crippen MR) is 68.6 cm³/mol. The Kier molecular flexibility index (Phi) is 3.16. The van der Waals surface area contributed by atoms with Crippen LogP contribution in [-0.2, 0) is 0 Å². The van der Waals surface area contributed by atoms with Gasteiger partial charge in [0.25, 0.3) is 0 Å². The van der Waals surface area contributed by atoms with E-state index in [-0.39, 0.29) is 0 Å². The molecule has 17 heavy (non-hydrogen) atoms. The summed E-state index contributed by atoms with van der Waals surface area (Å²) in [5, 5.41) is 9.65. The van der Waals surface area contributed by atoms with Crippen molar-refractivity contribution in [3.05, 3.63) is 58.6 Å². The Hall–Kier alpha value is -1.80. The summed E-state index contributed by atoms with van der Waals surface area (Å²) in [5.74, 6) is -0.919. The van der Waals surface area contributed by atoms with Gasteiger partial charge in [-0.3, -0.25) is 0 Å². The standard InChI is InChI=1S/C14H11ClO2/c1-9-5-11(7-12(6-9)14(16)17)10-3-2-4-13(15)8-10/h2-8H,1H3,(H,16,17).